The maximum atomic E-state index is 12.5. The molecule has 0 radical (unpaired) electrons. The van der Waals surface area contributed by atoms with Crippen LogP contribution in [0.4, 0.5) is 0 Å². The molecule has 1 unspecified atom stereocenters. The number of hydrogen-bond acceptors (Lipinski definition) is 5. The van der Waals surface area contributed by atoms with E-state index in [1.165, 1.54) is 6.33 Å². The third kappa shape index (κ3) is 3.12. The number of sulfonamides is 1. The van der Waals surface area contributed by atoms with Crippen molar-refractivity contribution in [2.45, 2.75) is 31.3 Å². The van der Waals surface area contributed by atoms with Crippen molar-refractivity contribution in [2.24, 2.45) is 12.8 Å². The zero-order chi connectivity index (χ0) is 15.6. The van der Waals surface area contributed by atoms with Crippen LogP contribution in [-0.4, -0.2) is 23.2 Å². The van der Waals surface area contributed by atoms with Crippen LogP contribution in [0.15, 0.2) is 29.4 Å². The normalized spacial score (nSPS) is 13.3. The Balaban J connectivity index is 2.33. The Labute approximate surface area is 124 Å². The summed E-state index contributed by atoms with van der Waals surface area (Å²) in [7, 11) is -1.89. The van der Waals surface area contributed by atoms with Crippen molar-refractivity contribution < 1.29 is 8.42 Å². The van der Waals surface area contributed by atoms with E-state index in [-0.39, 0.29) is 4.90 Å². The Bertz CT molecular complexity index is 739. The van der Waals surface area contributed by atoms with Crippen LogP contribution in [0.25, 0.3) is 0 Å². The summed E-state index contributed by atoms with van der Waals surface area (Å²) in [4.78, 5) is 0.236. The molecule has 0 amide bonds. The summed E-state index contributed by atoms with van der Waals surface area (Å²) in [6, 6.07) is 4.60. The lowest BCUT2D eigenvalue weighted by Gasteiger charge is -2.16. The fraction of sp³-hybridized carbons (Fsp3) is 0.385. The number of hydrogen-bond donors (Lipinski definition) is 2. The Hall–Kier alpha value is -1.77. The first-order valence-corrected chi connectivity index (χ1v) is 8.00. The zero-order valence-electron chi connectivity index (χ0n) is 12.2. The van der Waals surface area contributed by atoms with E-state index in [9.17, 15) is 8.42 Å². The molecule has 0 bridgehead atoms. The molecule has 1 aromatic heterocycles. The third-order valence-corrected chi connectivity index (χ3v) is 5.06. The molecule has 1 atom stereocenters. The van der Waals surface area contributed by atoms with E-state index in [1.807, 2.05) is 6.07 Å². The van der Waals surface area contributed by atoms with Crippen LogP contribution in [0.2, 0.25) is 0 Å². The zero-order valence-corrected chi connectivity index (χ0v) is 13.1. The molecule has 1 aromatic carbocycles. The molecule has 2 aromatic rings. The number of nitrogens with two attached hydrogens (primary N) is 1. The first kappa shape index (κ1) is 15.6. The fourth-order valence-electron chi connectivity index (χ4n) is 2.21. The van der Waals surface area contributed by atoms with Crippen molar-refractivity contribution in [3.63, 3.8) is 0 Å². The molecule has 0 saturated carbocycles. The highest BCUT2D eigenvalue weighted by molar-refractivity contribution is 7.89. The van der Waals surface area contributed by atoms with Crippen LogP contribution < -0.4 is 10.5 Å². The average Bonchev–Trinajstić information content (AvgIpc) is 2.84. The molecule has 0 fully saturated rings. The summed E-state index contributed by atoms with van der Waals surface area (Å²) in [5, 5.41) is 7.67. The molecular weight excluding hydrogens is 290 g/mol. The summed E-state index contributed by atoms with van der Waals surface area (Å²) < 4.78 is 29.4. The highest BCUT2D eigenvalue weighted by atomic mass is 32.2. The summed E-state index contributed by atoms with van der Waals surface area (Å²) in [5.41, 5.74) is 7.10. The molecule has 21 heavy (non-hydrogen) atoms. The minimum atomic E-state index is -3.65. The fourth-order valence-corrected chi connectivity index (χ4v) is 3.69. The van der Waals surface area contributed by atoms with Crippen LogP contribution in [0.5, 0.6) is 0 Å². The average molecular weight is 309 g/mol. The maximum Gasteiger partial charge on any atom is 0.241 e. The molecule has 0 saturated heterocycles. The maximum absolute atomic E-state index is 12.5. The third-order valence-electron chi connectivity index (χ3n) is 3.37. The number of benzene rings is 1. The molecule has 0 aliphatic heterocycles. The van der Waals surface area contributed by atoms with E-state index in [0.717, 1.165) is 5.56 Å². The van der Waals surface area contributed by atoms with E-state index in [0.29, 0.717) is 17.9 Å². The van der Waals surface area contributed by atoms with Crippen molar-refractivity contribution in [1.29, 1.82) is 0 Å². The summed E-state index contributed by atoms with van der Waals surface area (Å²) in [6.07, 6.45) is 1.53. The molecule has 0 spiro atoms. The largest absolute Gasteiger partial charge is 0.326 e. The van der Waals surface area contributed by atoms with E-state index in [4.69, 9.17) is 5.73 Å². The Morgan fingerprint density at radius 3 is 2.71 bits per heavy atom. The van der Waals surface area contributed by atoms with Crippen molar-refractivity contribution in [2.75, 3.05) is 0 Å². The lowest BCUT2D eigenvalue weighted by molar-refractivity contribution is 0.552. The summed E-state index contributed by atoms with van der Waals surface area (Å²) in [5.74, 6) is 0.547. The van der Waals surface area contributed by atoms with Gasteiger partial charge in [0, 0.05) is 13.6 Å². The van der Waals surface area contributed by atoms with E-state index in [2.05, 4.69) is 14.9 Å². The molecule has 0 aliphatic rings. The lowest BCUT2D eigenvalue weighted by atomic mass is 10.1. The van der Waals surface area contributed by atoms with E-state index in [1.54, 1.807) is 37.6 Å². The van der Waals surface area contributed by atoms with Crippen molar-refractivity contribution in [1.82, 2.24) is 19.5 Å². The molecule has 114 valence electrons. The number of nitrogens with zero attached hydrogens (tertiary/aromatic N) is 3. The molecular formula is C13H19N5O2S. The first-order chi connectivity index (χ1) is 9.86. The SMILES string of the molecule is Cc1c(CN)cccc1S(=O)(=O)NC(C)c1nncn1C. The van der Waals surface area contributed by atoms with E-state index < -0.39 is 16.1 Å². The minimum Gasteiger partial charge on any atom is -0.326 e. The summed E-state index contributed by atoms with van der Waals surface area (Å²) in [6.45, 7) is 3.78. The van der Waals surface area contributed by atoms with Crippen molar-refractivity contribution in [3.05, 3.63) is 41.5 Å². The second kappa shape index (κ2) is 5.92. The first-order valence-electron chi connectivity index (χ1n) is 6.51. The van der Waals surface area contributed by atoms with Gasteiger partial charge in [-0.15, -0.1) is 10.2 Å². The van der Waals surface area contributed by atoms with Gasteiger partial charge in [0.1, 0.15) is 12.2 Å². The summed E-state index contributed by atoms with van der Waals surface area (Å²) >= 11 is 0. The molecule has 1 heterocycles. The van der Waals surface area contributed by atoms with Gasteiger partial charge in [-0.25, -0.2) is 13.1 Å². The second-order valence-corrected chi connectivity index (χ2v) is 6.57. The minimum absolute atomic E-state index is 0.236. The topological polar surface area (TPSA) is 103 Å². The molecule has 2 rings (SSSR count). The molecule has 8 heteroatoms. The van der Waals surface area contributed by atoms with Gasteiger partial charge < -0.3 is 10.3 Å². The second-order valence-electron chi connectivity index (χ2n) is 4.89. The molecule has 0 aliphatic carbocycles. The van der Waals surface area contributed by atoms with Gasteiger partial charge in [-0.3, -0.25) is 0 Å². The van der Waals surface area contributed by atoms with Gasteiger partial charge in [-0.05, 0) is 31.0 Å². The molecule has 7 nitrogen and oxygen atoms in total. The lowest BCUT2D eigenvalue weighted by Crippen LogP contribution is -2.29. The van der Waals surface area contributed by atoms with E-state index >= 15 is 0 Å². The smallest absolute Gasteiger partial charge is 0.241 e. The predicted octanol–water partition coefficient (Wildman–Crippen LogP) is 0.622. The van der Waals surface area contributed by atoms with Gasteiger partial charge in [0.25, 0.3) is 0 Å². The van der Waals surface area contributed by atoms with Gasteiger partial charge >= 0.3 is 0 Å². The van der Waals surface area contributed by atoms with Gasteiger partial charge in [-0.1, -0.05) is 12.1 Å². The monoisotopic (exact) mass is 309 g/mol. The standard InChI is InChI=1S/C13H19N5O2S/c1-9-11(7-14)5-4-6-12(9)21(19,20)17-10(2)13-16-15-8-18(13)3/h4-6,8,10,17H,7,14H2,1-3H3. The van der Waals surface area contributed by atoms with Gasteiger partial charge in [0.15, 0.2) is 0 Å². The highest BCUT2D eigenvalue weighted by Crippen LogP contribution is 2.20. The highest BCUT2D eigenvalue weighted by Gasteiger charge is 2.23. The Morgan fingerprint density at radius 2 is 2.14 bits per heavy atom. The van der Waals surface area contributed by atoms with Crippen LogP contribution in [0.1, 0.15) is 29.9 Å². The Morgan fingerprint density at radius 1 is 1.43 bits per heavy atom. The van der Waals surface area contributed by atoms with Crippen molar-refractivity contribution >= 4 is 10.0 Å². The van der Waals surface area contributed by atoms with Gasteiger partial charge in [0.05, 0.1) is 10.9 Å². The number of aryl methyl sites for hydroxylation is 1. The van der Waals surface area contributed by atoms with Gasteiger partial charge in [0.2, 0.25) is 10.0 Å². The Kier molecular flexibility index (Phi) is 4.40. The van der Waals surface area contributed by atoms with Crippen molar-refractivity contribution in [3.8, 4) is 0 Å². The predicted molar refractivity (Wildman–Crippen MR) is 78.8 cm³/mol. The van der Waals surface area contributed by atoms with Crippen LogP contribution in [0.3, 0.4) is 0 Å². The van der Waals surface area contributed by atoms with Crippen LogP contribution in [0, 0.1) is 6.92 Å². The van der Waals surface area contributed by atoms with Gasteiger partial charge in [-0.2, -0.15) is 0 Å². The number of rotatable bonds is 5. The van der Waals surface area contributed by atoms with Crippen LogP contribution >= 0.6 is 0 Å². The number of aromatic nitrogens is 3. The number of nitrogens with one attached hydrogen (secondary N) is 1. The van der Waals surface area contributed by atoms with Crippen LogP contribution in [-0.2, 0) is 23.6 Å². The molecule has 3 N–H and O–H groups in total. The quantitative estimate of drug-likeness (QED) is 0.843.